The molecule has 30 heavy (non-hydrogen) atoms. The maximum atomic E-state index is 13.1. The third-order valence-corrected chi connectivity index (χ3v) is 5.91. The minimum atomic E-state index is -0.152. The summed E-state index contributed by atoms with van der Waals surface area (Å²) in [5, 5.41) is 0. The normalized spacial score (nSPS) is 17.9. The fraction of sp³-hybridized carbons (Fsp3) is 0.391. The van der Waals surface area contributed by atoms with Crippen molar-refractivity contribution in [1.29, 1.82) is 0 Å². The van der Waals surface area contributed by atoms with Gasteiger partial charge < -0.3 is 19.3 Å². The largest absolute Gasteiger partial charge is 0.486 e. The van der Waals surface area contributed by atoms with Crippen LogP contribution in [0, 0.1) is 6.92 Å². The Morgan fingerprint density at radius 2 is 1.83 bits per heavy atom. The van der Waals surface area contributed by atoms with Crippen molar-refractivity contribution in [3.05, 3.63) is 47.5 Å². The first-order chi connectivity index (χ1) is 14.6. The molecule has 1 saturated heterocycles. The van der Waals surface area contributed by atoms with Gasteiger partial charge in [-0.2, -0.15) is 0 Å². The molecule has 0 radical (unpaired) electrons. The van der Waals surface area contributed by atoms with Gasteiger partial charge in [0.05, 0.1) is 0 Å². The second kappa shape index (κ2) is 7.55. The highest BCUT2D eigenvalue weighted by Crippen LogP contribution is 2.35. The van der Waals surface area contributed by atoms with Gasteiger partial charge in [0, 0.05) is 37.1 Å². The molecule has 0 aliphatic carbocycles. The van der Waals surface area contributed by atoms with Crippen molar-refractivity contribution in [2.45, 2.75) is 19.8 Å². The number of anilines is 2. The quantitative estimate of drug-likeness (QED) is 0.785. The summed E-state index contributed by atoms with van der Waals surface area (Å²) < 4.78 is 11.2. The fourth-order valence-electron chi connectivity index (χ4n) is 4.40. The van der Waals surface area contributed by atoms with Gasteiger partial charge >= 0.3 is 6.03 Å². The van der Waals surface area contributed by atoms with Crippen LogP contribution >= 0.6 is 0 Å². The number of amides is 3. The number of carbonyl (C=O) groups excluding carboxylic acids is 2. The summed E-state index contributed by atoms with van der Waals surface area (Å²) in [6.07, 6.45) is 1.93. The van der Waals surface area contributed by atoms with E-state index in [-0.39, 0.29) is 18.5 Å². The zero-order valence-corrected chi connectivity index (χ0v) is 17.1. The second-order valence-corrected chi connectivity index (χ2v) is 7.96. The summed E-state index contributed by atoms with van der Waals surface area (Å²) in [6.45, 7) is 4.95. The van der Waals surface area contributed by atoms with Crippen molar-refractivity contribution in [1.82, 2.24) is 4.90 Å². The molecule has 0 aromatic heterocycles. The molecule has 2 aromatic rings. The predicted octanol–water partition coefficient (Wildman–Crippen LogP) is 2.99. The van der Waals surface area contributed by atoms with E-state index in [0.29, 0.717) is 44.3 Å². The van der Waals surface area contributed by atoms with E-state index in [2.05, 4.69) is 13.0 Å². The van der Waals surface area contributed by atoms with Gasteiger partial charge in [-0.15, -0.1) is 0 Å². The average Bonchev–Trinajstić information content (AvgIpc) is 3.12. The molecule has 0 N–H and O–H groups in total. The van der Waals surface area contributed by atoms with E-state index in [4.69, 9.17) is 9.47 Å². The van der Waals surface area contributed by atoms with Crippen LogP contribution in [0.25, 0.3) is 0 Å². The lowest BCUT2D eigenvalue weighted by Crippen LogP contribution is -2.44. The van der Waals surface area contributed by atoms with Gasteiger partial charge in [0.2, 0.25) is 5.91 Å². The van der Waals surface area contributed by atoms with Crippen molar-refractivity contribution < 1.29 is 19.1 Å². The molecule has 7 nitrogen and oxygen atoms in total. The Bertz CT molecular complexity index is 1010. The second-order valence-electron chi connectivity index (χ2n) is 7.96. The van der Waals surface area contributed by atoms with Crippen molar-refractivity contribution in [2.24, 2.45) is 0 Å². The van der Waals surface area contributed by atoms with Gasteiger partial charge in [0.1, 0.15) is 19.8 Å². The van der Waals surface area contributed by atoms with E-state index in [1.165, 1.54) is 11.1 Å². The van der Waals surface area contributed by atoms with Crippen molar-refractivity contribution >= 4 is 23.3 Å². The summed E-state index contributed by atoms with van der Waals surface area (Å²) in [5.74, 6) is 1.32. The van der Waals surface area contributed by atoms with Gasteiger partial charge in [-0.05, 0) is 43.5 Å². The van der Waals surface area contributed by atoms with Crippen LogP contribution in [0.15, 0.2) is 36.4 Å². The lowest BCUT2D eigenvalue weighted by Gasteiger charge is -2.31. The topological polar surface area (TPSA) is 62.3 Å². The van der Waals surface area contributed by atoms with Crippen LogP contribution in [0.2, 0.25) is 0 Å². The number of urea groups is 1. The van der Waals surface area contributed by atoms with Crippen molar-refractivity contribution in [2.75, 3.05) is 49.2 Å². The number of ether oxygens (including phenoxy) is 2. The zero-order chi connectivity index (χ0) is 20.7. The van der Waals surface area contributed by atoms with Crippen LogP contribution in [0.3, 0.4) is 0 Å². The molecule has 156 valence electrons. The molecule has 0 unspecified atom stereocenters. The number of rotatable bonds is 3. The molecule has 2 aromatic carbocycles. The van der Waals surface area contributed by atoms with Gasteiger partial charge in [-0.1, -0.05) is 17.7 Å². The van der Waals surface area contributed by atoms with Gasteiger partial charge in [-0.25, -0.2) is 4.79 Å². The number of hydrogen-bond acceptors (Lipinski definition) is 4. The van der Waals surface area contributed by atoms with Crippen LogP contribution in [-0.4, -0.2) is 56.2 Å². The van der Waals surface area contributed by atoms with E-state index in [9.17, 15) is 9.59 Å². The SMILES string of the molecule is Cc1ccc2c(c1)CCCN2C(=O)CN1CCN(c2ccc3c(c2)OCCO3)C1=O. The van der Waals surface area contributed by atoms with Crippen LogP contribution in [-0.2, 0) is 11.2 Å². The van der Waals surface area contributed by atoms with Crippen molar-refractivity contribution in [3.8, 4) is 11.5 Å². The number of fused-ring (bicyclic) bond motifs is 2. The van der Waals surface area contributed by atoms with Crippen LogP contribution in [0.1, 0.15) is 17.5 Å². The first-order valence-electron chi connectivity index (χ1n) is 10.5. The van der Waals surface area contributed by atoms with E-state index >= 15 is 0 Å². The molecular formula is C23H25N3O4. The summed E-state index contributed by atoms with van der Waals surface area (Å²) in [6, 6.07) is 11.6. The average molecular weight is 407 g/mol. The van der Waals surface area contributed by atoms with E-state index < -0.39 is 0 Å². The van der Waals surface area contributed by atoms with E-state index in [0.717, 1.165) is 24.2 Å². The Kier molecular flexibility index (Phi) is 4.73. The number of nitrogens with zero attached hydrogens (tertiary/aromatic N) is 3. The smallest absolute Gasteiger partial charge is 0.325 e. The molecule has 0 bridgehead atoms. The highest BCUT2D eigenvalue weighted by molar-refractivity contribution is 6.01. The summed E-state index contributed by atoms with van der Waals surface area (Å²) >= 11 is 0. The maximum Gasteiger partial charge on any atom is 0.325 e. The molecule has 0 atom stereocenters. The molecule has 1 fully saturated rings. The fourth-order valence-corrected chi connectivity index (χ4v) is 4.40. The first kappa shape index (κ1) is 18.8. The third kappa shape index (κ3) is 3.34. The Morgan fingerprint density at radius 1 is 1.00 bits per heavy atom. The zero-order valence-electron chi connectivity index (χ0n) is 17.1. The number of benzene rings is 2. The Hall–Kier alpha value is -3.22. The molecule has 3 aliphatic heterocycles. The van der Waals surface area contributed by atoms with Gasteiger partial charge in [-0.3, -0.25) is 9.69 Å². The highest BCUT2D eigenvalue weighted by Gasteiger charge is 2.33. The molecule has 3 aliphatic rings. The number of hydrogen-bond donors (Lipinski definition) is 0. The highest BCUT2D eigenvalue weighted by atomic mass is 16.6. The number of aryl methyl sites for hydroxylation is 2. The van der Waals surface area contributed by atoms with Crippen LogP contribution in [0.5, 0.6) is 11.5 Å². The predicted molar refractivity (Wildman–Crippen MR) is 114 cm³/mol. The third-order valence-electron chi connectivity index (χ3n) is 5.91. The summed E-state index contributed by atoms with van der Waals surface area (Å²) in [4.78, 5) is 31.2. The minimum absolute atomic E-state index is 0.0304. The Morgan fingerprint density at radius 3 is 2.70 bits per heavy atom. The van der Waals surface area contributed by atoms with Crippen molar-refractivity contribution in [3.63, 3.8) is 0 Å². The first-order valence-corrected chi connectivity index (χ1v) is 10.5. The minimum Gasteiger partial charge on any atom is -0.486 e. The number of carbonyl (C=O) groups is 2. The van der Waals surface area contributed by atoms with Crippen LogP contribution in [0.4, 0.5) is 16.2 Å². The summed E-state index contributed by atoms with van der Waals surface area (Å²) in [5.41, 5.74) is 4.15. The van der Waals surface area contributed by atoms with E-state index in [1.807, 2.05) is 35.2 Å². The molecule has 3 heterocycles. The van der Waals surface area contributed by atoms with Gasteiger partial charge in [0.25, 0.3) is 0 Å². The van der Waals surface area contributed by atoms with Gasteiger partial charge in [0.15, 0.2) is 11.5 Å². The molecular weight excluding hydrogens is 382 g/mol. The molecule has 7 heteroatoms. The lowest BCUT2D eigenvalue weighted by atomic mass is 9.99. The molecule has 5 rings (SSSR count). The van der Waals surface area contributed by atoms with E-state index in [1.54, 1.807) is 9.80 Å². The Balaban J connectivity index is 1.29. The Labute approximate surface area is 175 Å². The maximum absolute atomic E-state index is 13.1. The molecule has 3 amide bonds. The monoisotopic (exact) mass is 407 g/mol. The lowest BCUT2D eigenvalue weighted by molar-refractivity contribution is -0.119. The molecule has 0 spiro atoms. The molecule has 0 saturated carbocycles. The standard InChI is InChI=1S/C23H25N3O4/c1-16-4-6-19-17(13-16)3-2-8-26(19)22(27)15-24-9-10-25(23(24)28)18-5-7-20-21(14-18)30-12-11-29-20/h4-7,13-14H,2-3,8-12,15H2,1H3. The summed E-state index contributed by atoms with van der Waals surface area (Å²) in [7, 11) is 0. The van der Waals surface area contributed by atoms with Crippen LogP contribution < -0.4 is 19.3 Å².